The summed E-state index contributed by atoms with van der Waals surface area (Å²) in [4.78, 5) is 0. The maximum atomic E-state index is 6.38. The highest BCUT2D eigenvalue weighted by Crippen LogP contribution is 2.49. The predicted octanol–water partition coefficient (Wildman–Crippen LogP) is 4.92. The summed E-state index contributed by atoms with van der Waals surface area (Å²) in [6.07, 6.45) is 14.1. The van der Waals surface area contributed by atoms with Gasteiger partial charge in [0.25, 0.3) is 0 Å². The van der Waals surface area contributed by atoms with Gasteiger partial charge in [-0.15, -0.1) is 0 Å². The van der Waals surface area contributed by atoms with Crippen molar-refractivity contribution in [3.8, 4) is 5.75 Å². The summed E-state index contributed by atoms with van der Waals surface area (Å²) in [5.74, 6) is 0.857. The molecule has 4 rings (SSSR count). The Morgan fingerprint density at radius 3 is 2.40 bits per heavy atom. The van der Waals surface area contributed by atoms with Gasteiger partial charge in [0.15, 0.2) is 0 Å². The van der Waals surface area contributed by atoms with Crippen molar-refractivity contribution >= 4 is 5.57 Å². The van der Waals surface area contributed by atoms with Gasteiger partial charge in [-0.2, -0.15) is 0 Å². The van der Waals surface area contributed by atoms with E-state index in [4.69, 9.17) is 14.2 Å². The number of hydrogen-bond donors (Lipinski definition) is 1. The Morgan fingerprint density at radius 2 is 1.80 bits per heavy atom. The van der Waals surface area contributed by atoms with Crippen LogP contribution in [-0.4, -0.2) is 45.6 Å². The molecule has 30 heavy (non-hydrogen) atoms. The van der Waals surface area contributed by atoms with E-state index >= 15 is 0 Å². The molecule has 4 heteroatoms. The first-order chi connectivity index (χ1) is 14.7. The van der Waals surface area contributed by atoms with Crippen LogP contribution < -0.4 is 10.1 Å². The monoisotopic (exact) mass is 409 g/mol. The summed E-state index contributed by atoms with van der Waals surface area (Å²) in [6, 6.07) is 8.33. The van der Waals surface area contributed by atoms with Crippen LogP contribution in [0.15, 0.2) is 54.6 Å². The number of rotatable bonds is 6. The van der Waals surface area contributed by atoms with Crippen LogP contribution in [0.5, 0.6) is 5.75 Å². The molecule has 0 saturated carbocycles. The summed E-state index contributed by atoms with van der Waals surface area (Å²) in [6.45, 7) is 6.29. The zero-order chi connectivity index (χ0) is 21.0. The van der Waals surface area contributed by atoms with Crippen LogP contribution in [0.25, 0.3) is 5.57 Å². The summed E-state index contributed by atoms with van der Waals surface area (Å²) >= 11 is 0. The number of ether oxygens (including phenoxy) is 3. The van der Waals surface area contributed by atoms with E-state index in [1.54, 1.807) is 7.11 Å². The zero-order valence-electron chi connectivity index (χ0n) is 18.4. The SMILES string of the molecule is C=C(c1ccc(OC)cc1)C1(C2CCCCO2)C=CC(C2CCCCO2)=CC1NC. The van der Waals surface area contributed by atoms with E-state index in [0.717, 1.165) is 55.8 Å². The average Bonchev–Trinajstić information content (AvgIpc) is 2.84. The lowest BCUT2D eigenvalue weighted by molar-refractivity contribution is -0.0364. The quantitative estimate of drug-likeness (QED) is 0.724. The first-order valence-electron chi connectivity index (χ1n) is 11.3. The van der Waals surface area contributed by atoms with Crippen LogP contribution in [0.4, 0.5) is 0 Å². The van der Waals surface area contributed by atoms with E-state index in [9.17, 15) is 0 Å². The second kappa shape index (κ2) is 9.51. The summed E-state index contributed by atoms with van der Waals surface area (Å²) in [5.41, 5.74) is 3.17. The molecule has 4 nitrogen and oxygen atoms in total. The van der Waals surface area contributed by atoms with Crippen molar-refractivity contribution in [3.63, 3.8) is 0 Å². The maximum Gasteiger partial charge on any atom is 0.118 e. The molecule has 0 aromatic heterocycles. The molecular formula is C26H35NO3. The van der Waals surface area contributed by atoms with Crippen molar-refractivity contribution in [1.82, 2.24) is 5.32 Å². The summed E-state index contributed by atoms with van der Waals surface area (Å²) in [7, 11) is 3.74. The van der Waals surface area contributed by atoms with Gasteiger partial charge in [0.1, 0.15) is 5.75 Å². The first kappa shape index (κ1) is 21.4. The largest absolute Gasteiger partial charge is 0.497 e. The van der Waals surface area contributed by atoms with Gasteiger partial charge in [0.05, 0.1) is 24.7 Å². The Morgan fingerprint density at radius 1 is 1.07 bits per heavy atom. The molecule has 4 unspecified atom stereocenters. The van der Waals surface area contributed by atoms with Crippen molar-refractivity contribution in [2.24, 2.45) is 5.41 Å². The molecule has 3 aliphatic rings. The Kier molecular flexibility index (Phi) is 6.77. The molecular weight excluding hydrogens is 374 g/mol. The van der Waals surface area contributed by atoms with Gasteiger partial charge in [-0.05, 0) is 74.4 Å². The Hall–Kier alpha value is -1.88. The fraction of sp³-hybridized carbons (Fsp3) is 0.538. The standard InChI is InChI=1S/C26H35NO3/c1-19(20-10-12-22(28-3)13-11-20)26(25-9-5-7-17-30-25)15-14-21(18-24(26)27-2)23-8-4-6-16-29-23/h10-15,18,23-25,27H,1,4-9,16-17H2,2-3H3. The van der Waals surface area contributed by atoms with E-state index in [2.05, 4.69) is 42.3 Å². The Bertz CT molecular complexity index is 785. The highest BCUT2D eigenvalue weighted by atomic mass is 16.5. The number of methoxy groups -OCH3 is 1. The minimum Gasteiger partial charge on any atom is -0.497 e. The zero-order valence-corrected chi connectivity index (χ0v) is 18.4. The van der Waals surface area contributed by atoms with Gasteiger partial charge in [-0.3, -0.25) is 0 Å². The highest BCUT2D eigenvalue weighted by Gasteiger charge is 2.48. The fourth-order valence-electron chi connectivity index (χ4n) is 5.21. The summed E-state index contributed by atoms with van der Waals surface area (Å²) in [5, 5.41) is 3.59. The van der Waals surface area contributed by atoms with Crippen LogP contribution in [0.2, 0.25) is 0 Å². The third kappa shape index (κ3) is 4.01. The van der Waals surface area contributed by atoms with Crippen LogP contribution >= 0.6 is 0 Å². The first-order valence-corrected chi connectivity index (χ1v) is 11.3. The van der Waals surface area contributed by atoms with Crippen LogP contribution in [0.1, 0.15) is 44.1 Å². The van der Waals surface area contributed by atoms with Crippen molar-refractivity contribution in [2.75, 3.05) is 27.4 Å². The molecule has 0 amide bonds. The molecule has 2 heterocycles. The molecule has 1 aliphatic carbocycles. The summed E-state index contributed by atoms with van der Waals surface area (Å²) < 4.78 is 17.8. The van der Waals surface area contributed by atoms with Crippen molar-refractivity contribution in [2.45, 2.75) is 56.8 Å². The van der Waals surface area contributed by atoms with Gasteiger partial charge in [0.2, 0.25) is 0 Å². The molecule has 0 spiro atoms. The van der Waals surface area contributed by atoms with Gasteiger partial charge in [-0.1, -0.05) is 36.9 Å². The van der Waals surface area contributed by atoms with Gasteiger partial charge < -0.3 is 19.5 Å². The Labute approximate surface area is 181 Å². The van der Waals surface area contributed by atoms with E-state index in [0.29, 0.717) is 0 Å². The van der Waals surface area contributed by atoms with Crippen LogP contribution in [0.3, 0.4) is 0 Å². The second-order valence-electron chi connectivity index (χ2n) is 8.62. The van der Waals surface area contributed by atoms with Crippen LogP contribution in [0, 0.1) is 5.41 Å². The van der Waals surface area contributed by atoms with Gasteiger partial charge in [0, 0.05) is 19.3 Å². The average molecular weight is 410 g/mol. The lowest BCUT2D eigenvalue weighted by Gasteiger charge is -2.48. The third-order valence-electron chi connectivity index (χ3n) is 6.96. The minimum atomic E-state index is -0.331. The molecule has 162 valence electrons. The van der Waals surface area contributed by atoms with Crippen molar-refractivity contribution < 1.29 is 14.2 Å². The molecule has 1 aromatic rings. The lowest BCUT2D eigenvalue weighted by atomic mass is 9.63. The topological polar surface area (TPSA) is 39.7 Å². The molecule has 2 fully saturated rings. The highest BCUT2D eigenvalue weighted by molar-refractivity contribution is 5.74. The number of hydrogen-bond acceptors (Lipinski definition) is 4. The molecule has 2 aliphatic heterocycles. The molecule has 0 bridgehead atoms. The maximum absolute atomic E-state index is 6.38. The molecule has 2 saturated heterocycles. The van der Waals surface area contributed by atoms with Crippen molar-refractivity contribution in [3.05, 3.63) is 60.2 Å². The van der Waals surface area contributed by atoms with Crippen molar-refractivity contribution in [1.29, 1.82) is 0 Å². The third-order valence-corrected chi connectivity index (χ3v) is 6.96. The Balaban J connectivity index is 1.70. The van der Waals surface area contributed by atoms with E-state index < -0.39 is 0 Å². The number of benzene rings is 1. The molecule has 1 aromatic carbocycles. The normalized spacial score (nSPS) is 31.8. The smallest absolute Gasteiger partial charge is 0.118 e. The van der Waals surface area contributed by atoms with E-state index in [1.807, 2.05) is 19.2 Å². The minimum absolute atomic E-state index is 0.0969. The molecule has 0 radical (unpaired) electrons. The number of nitrogens with one attached hydrogen (secondary N) is 1. The fourth-order valence-corrected chi connectivity index (χ4v) is 5.21. The predicted molar refractivity (Wildman–Crippen MR) is 122 cm³/mol. The van der Waals surface area contributed by atoms with Crippen LogP contribution in [-0.2, 0) is 9.47 Å². The lowest BCUT2D eigenvalue weighted by Crippen LogP contribution is -2.53. The van der Waals surface area contributed by atoms with Gasteiger partial charge in [-0.25, -0.2) is 0 Å². The van der Waals surface area contributed by atoms with Gasteiger partial charge >= 0.3 is 0 Å². The second-order valence-corrected chi connectivity index (χ2v) is 8.62. The molecule has 4 atom stereocenters. The van der Waals surface area contributed by atoms with E-state index in [1.165, 1.54) is 18.4 Å². The molecule has 1 N–H and O–H groups in total. The number of likely N-dealkylation sites (N-methyl/N-ethyl adjacent to an activating group) is 1. The van der Waals surface area contributed by atoms with E-state index in [-0.39, 0.29) is 23.7 Å².